The number of hydrogen-bond donors (Lipinski definition) is 2. The second-order valence-electron chi connectivity index (χ2n) is 2.93. The molecule has 0 saturated carbocycles. The van der Waals surface area contributed by atoms with Crippen molar-refractivity contribution in [3.8, 4) is 0 Å². The lowest BCUT2D eigenvalue weighted by Crippen LogP contribution is -2.36. The smallest absolute Gasteiger partial charge is 0.312 e. The molecule has 1 aliphatic rings. The van der Waals surface area contributed by atoms with Crippen LogP contribution < -0.4 is 5.32 Å². The summed E-state index contributed by atoms with van der Waals surface area (Å²) in [4.78, 5) is 21.1. The fraction of sp³-hybridized carbons (Fsp3) is 0.714. The maximum atomic E-state index is 10.9. The van der Waals surface area contributed by atoms with E-state index in [1.165, 1.54) is 0 Å². The summed E-state index contributed by atoms with van der Waals surface area (Å²) in [6, 6.07) is -0.104. The van der Waals surface area contributed by atoms with E-state index >= 15 is 0 Å². The van der Waals surface area contributed by atoms with E-state index in [2.05, 4.69) is 5.32 Å². The zero-order valence-corrected chi connectivity index (χ0v) is 7.80. The molecule has 74 valence electrons. The molecule has 0 aromatic carbocycles. The molecule has 1 aliphatic heterocycles. The van der Waals surface area contributed by atoms with Crippen molar-refractivity contribution in [3.05, 3.63) is 0 Å². The highest BCUT2D eigenvalue weighted by Crippen LogP contribution is 2.07. The van der Waals surface area contributed by atoms with Gasteiger partial charge in [0.15, 0.2) is 0 Å². The van der Waals surface area contributed by atoms with Crippen LogP contribution in [0.4, 0.5) is 0 Å². The summed E-state index contributed by atoms with van der Waals surface area (Å²) in [5.74, 6) is -0.600. The molecule has 1 amide bonds. The Labute approximate surface area is 78.0 Å². The lowest BCUT2D eigenvalue weighted by molar-refractivity contribution is -0.140. The molecule has 1 saturated heterocycles. The Hall–Kier alpha value is -0.910. The number of carboxylic acid groups (broad SMARTS) is 1. The minimum atomic E-state index is -1.14. The van der Waals surface area contributed by atoms with E-state index < -0.39 is 29.1 Å². The quantitative estimate of drug-likeness (QED) is 0.585. The zero-order chi connectivity index (χ0) is 9.84. The molecule has 1 rings (SSSR count). The van der Waals surface area contributed by atoms with E-state index in [4.69, 9.17) is 5.11 Å². The molecule has 6 heteroatoms. The fourth-order valence-corrected chi connectivity index (χ4v) is 2.61. The average molecular weight is 205 g/mol. The third-order valence-corrected chi connectivity index (χ3v) is 3.22. The Morgan fingerprint density at radius 3 is 2.69 bits per heavy atom. The van der Waals surface area contributed by atoms with Crippen molar-refractivity contribution in [2.45, 2.75) is 18.9 Å². The third kappa shape index (κ3) is 3.54. The summed E-state index contributed by atoms with van der Waals surface area (Å²) in [7, 11) is -0.844. The van der Waals surface area contributed by atoms with E-state index in [-0.39, 0.29) is 6.04 Å². The highest BCUT2D eigenvalue weighted by molar-refractivity contribution is 7.85. The summed E-state index contributed by atoms with van der Waals surface area (Å²) in [6.07, 6.45) is 0.168. The van der Waals surface area contributed by atoms with E-state index in [1.54, 1.807) is 0 Å². The number of rotatable bonds is 3. The van der Waals surface area contributed by atoms with Crippen molar-refractivity contribution >= 4 is 22.7 Å². The summed E-state index contributed by atoms with van der Waals surface area (Å²) < 4.78 is 10.9. The van der Waals surface area contributed by atoms with Crippen LogP contribution in [0.1, 0.15) is 12.8 Å². The Bertz CT molecular complexity index is 253. The van der Waals surface area contributed by atoms with Gasteiger partial charge in [0.05, 0.1) is 0 Å². The van der Waals surface area contributed by atoms with Crippen molar-refractivity contribution in [3.63, 3.8) is 0 Å². The normalized spacial score (nSPS) is 27.1. The number of carbonyl (C=O) groups is 2. The highest BCUT2D eigenvalue weighted by Gasteiger charge is 2.22. The van der Waals surface area contributed by atoms with Crippen LogP contribution in [0.5, 0.6) is 0 Å². The fourth-order valence-electron chi connectivity index (χ4n) is 1.19. The molecule has 2 unspecified atom stereocenters. The average Bonchev–Trinajstić information content (AvgIpc) is 2.33. The molecule has 0 bridgehead atoms. The largest absolute Gasteiger partial charge is 0.481 e. The zero-order valence-electron chi connectivity index (χ0n) is 6.99. The van der Waals surface area contributed by atoms with Crippen molar-refractivity contribution in [1.82, 2.24) is 5.32 Å². The van der Waals surface area contributed by atoms with E-state index in [0.29, 0.717) is 17.9 Å². The van der Waals surface area contributed by atoms with Crippen molar-refractivity contribution in [1.29, 1.82) is 0 Å². The second kappa shape index (κ2) is 4.36. The number of hydrogen-bond acceptors (Lipinski definition) is 3. The Morgan fingerprint density at radius 2 is 2.23 bits per heavy atom. The number of amides is 1. The van der Waals surface area contributed by atoms with Crippen LogP contribution in [0.15, 0.2) is 0 Å². The molecule has 0 radical (unpaired) electrons. The van der Waals surface area contributed by atoms with Gasteiger partial charge in [-0.2, -0.15) is 0 Å². The number of aliphatic carboxylic acids is 1. The van der Waals surface area contributed by atoms with Crippen LogP contribution in [-0.2, 0) is 20.4 Å². The molecule has 5 nitrogen and oxygen atoms in total. The maximum Gasteiger partial charge on any atom is 0.312 e. The van der Waals surface area contributed by atoms with Crippen molar-refractivity contribution in [2.75, 3.05) is 11.5 Å². The monoisotopic (exact) mass is 205 g/mol. The standard InChI is InChI=1S/C7H11NO4S/c9-6(3-7(10)11)8-5-1-2-13(12)4-5/h5H,1-4H2,(H,8,9)(H,10,11). The van der Waals surface area contributed by atoms with Gasteiger partial charge in [0.2, 0.25) is 5.91 Å². The van der Waals surface area contributed by atoms with Gasteiger partial charge < -0.3 is 10.4 Å². The van der Waals surface area contributed by atoms with Gasteiger partial charge in [-0.3, -0.25) is 13.8 Å². The highest BCUT2D eigenvalue weighted by atomic mass is 32.2. The van der Waals surface area contributed by atoms with Crippen LogP contribution in [0.25, 0.3) is 0 Å². The van der Waals surface area contributed by atoms with Gasteiger partial charge in [0.25, 0.3) is 0 Å². The number of carbonyl (C=O) groups excluding carboxylic acids is 1. The first-order chi connectivity index (χ1) is 6.08. The predicted octanol–water partition coefficient (Wildman–Crippen LogP) is -0.902. The van der Waals surface area contributed by atoms with Crippen molar-refractivity contribution < 1.29 is 18.9 Å². The van der Waals surface area contributed by atoms with Crippen LogP contribution in [-0.4, -0.2) is 38.7 Å². The Kier molecular flexibility index (Phi) is 3.41. The predicted molar refractivity (Wildman–Crippen MR) is 46.7 cm³/mol. The van der Waals surface area contributed by atoms with Gasteiger partial charge in [-0.15, -0.1) is 0 Å². The van der Waals surface area contributed by atoms with E-state index in [9.17, 15) is 13.8 Å². The first-order valence-electron chi connectivity index (χ1n) is 3.94. The van der Waals surface area contributed by atoms with Gasteiger partial charge in [-0.25, -0.2) is 0 Å². The molecule has 0 aliphatic carbocycles. The summed E-state index contributed by atoms with van der Waals surface area (Å²) >= 11 is 0. The summed E-state index contributed by atoms with van der Waals surface area (Å²) in [6.45, 7) is 0. The third-order valence-electron chi connectivity index (χ3n) is 1.76. The first kappa shape index (κ1) is 10.2. The van der Waals surface area contributed by atoms with Crippen molar-refractivity contribution in [2.24, 2.45) is 0 Å². The SMILES string of the molecule is O=C(O)CC(=O)NC1CCS(=O)C1. The molecular formula is C7H11NO4S. The Morgan fingerprint density at radius 1 is 1.54 bits per heavy atom. The minimum absolute atomic E-state index is 0.104. The van der Waals surface area contributed by atoms with Gasteiger partial charge in [-0.1, -0.05) is 0 Å². The molecule has 13 heavy (non-hydrogen) atoms. The van der Waals surface area contributed by atoms with Gasteiger partial charge in [0.1, 0.15) is 6.42 Å². The van der Waals surface area contributed by atoms with Gasteiger partial charge in [-0.05, 0) is 6.42 Å². The molecule has 2 atom stereocenters. The Balaban J connectivity index is 2.28. The van der Waals surface area contributed by atoms with Crippen LogP contribution >= 0.6 is 0 Å². The van der Waals surface area contributed by atoms with Crippen LogP contribution in [0.3, 0.4) is 0 Å². The molecule has 1 fully saturated rings. The molecule has 2 N–H and O–H groups in total. The summed E-state index contributed by atoms with van der Waals surface area (Å²) in [5.41, 5.74) is 0. The molecule has 0 aromatic rings. The lowest BCUT2D eigenvalue weighted by Gasteiger charge is -2.08. The van der Waals surface area contributed by atoms with Crippen LogP contribution in [0, 0.1) is 0 Å². The van der Waals surface area contributed by atoms with E-state index in [0.717, 1.165) is 0 Å². The van der Waals surface area contributed by atoms with E-state index in [1.807, 2.05) is 0 Å². The minimum Gasteiger partial charge on any atom is -0.481 e. The molecule has 1 heterocycles. The maximum absolute atomic E-state index is 10.9. The second-order valence-corrected chi connectivity index (χ2v) is 4.56. The van der Waals surface area contributed by atoms with Gasteiger partial charge in [0, 0.05) is 28.3 Å². The molecule has 0 spiro atoms. The number of carboxylic acids is 1. The van der Waals surface area contributed by atoms with Gasteiger partial charge >= 0.3 is 5.97 Å². The molecular weight excluding hydrogens is 194 g/mol. The first-order valence-corrected chi connectivity index (χ1v) is 5.43. The lowest BCUT2D eigenvalue weighted by atomic mass is 10.2. The summed E-state index contributed by atoms with van der Waals surface area (Å²) in [5, 5.41) is 10.8. The van der Waals surface area contributed by atoms with Crippen LogP contribution in [0.2, 0.25) is 0 Å². The topological polar surface area (TPSA) is 83.5 Å². The molecule has 0 aromatic heterocycles. The number of nitrogens with one attached hydrogen (secondary N) is 1.